The van der Waals surface area contributed by atoms with E-state index in [0.29, 0.717) is 10.9 Å². The van der Waals surface area contributed by atoms with E-state index in [1.807, 2.05) is 19.9 Å². The Morgan fingerprint density at radius 3 is 2.84 bits per heavy atom. The number of nitrogens with zero attached hydrogens (tertiary/aromatic N) is 2. The van der Waals surface area contributed by atoms with Crippen LogP contribution in [-0.2, 0) is 4.79 Å². The maximum Gasteiger partial charge on any atom is 0.236 e. The standard InChI is InChI=1S/C13H15N3O2S/c1-8-4-9(2)12(18-3)10(5-8)6-14-16-13-15-11(17)7-19-13/h4-6H,7H2,1-3H3,(H,15,16,17). The molecule has 1 aliphatic heterocycles. The van der Waals surface area contributed by atoms with Crippen molar-refractivity contribution in [1.29, 1.82) is 0 Å². The van der Waals surface area contributed by atoms with Gasteiger partial charge in [0.25, 0.3) is 0 Å². The van der Waals surface area contributed by atoms with Crippen molar-refractivity contribution in [1.82, 2.24) is 5.32 Å². The quantitative estimate of drug-likeness (QED) is 0.677. The van der Waals surface area contributed by atoms with E-state index in [0.717, 1.165) is 22.4 Å². The Hall–Kier alpha value is -1.82. The van der Waals surface area contributed by atoms with Gasteiger partial charge in [-0.1, -0.05) is 17.8 Å². The molecule has 0 saturated carbocycles. The number of aryl methyl sites for hydroxylation is 2. The predicted molar refractivity (Wildman–Crippen MR) is 78.1 cm³/mol. The molecule has 6 heteroatoms. The Morgan fingerprint density at radius 1 is 1.42 bits per heavy atom. The molecule has 5 nitrogen and oxygen atoms in total. The fourth-order valence-corrected chi connectivity index (χ4v) is 2.52. The highest BCUT2D eigenvalue weighted by Gasteiger charge is 2.16. The smallest absolute Gasteiger partial charge is 0.236 e. The van der Waals surface area contributed by atoms with Crippen molar-refractivity contribution in [3.8, 4) is 5.75 Å². The van der Waals surface area contributed by atoms with Gasteiger partial charge in [-0.15, -0.1) is 5.10 Å². The lowest BCUT2D eigenvalue weighted by Gasteiger charge is -2.08. The number of rotatable bonds is 3. The predicted octanol–water partition coefficient (Wildman–Crippen LogP) is 1.86. The van der Waals surface area contributed by atoms with E-state index in [1.165, 1.54) is 11.8 Å². The maximum atomic E-state index is 11.0. The zero-order valence-electron chi connectivity index (χ0n) is 11.1. The van der Waals surface area contributed by atoms with E-state index >= 15 is 0 Å². The highest BCUT2D eigenvalue weighted by molar-refractivity contribution is 8.15. The second-order valence-electron chi connectivity index (χ2n) is 4.19. The lowest BCUT2D eigenvalue weighted by atomic mass is 10.1. The van der Waals surface area contributed by atoms with Crippen molar-refractivity contribution in [3.63, 3.8) is 0 Å². The first-order chi connectivity index (χ1) is 9.10. The summed E-state index contributed by atoms with van der Waals surface area (Å²) >= 11 is 1.35. The van der Waals surface area contributed by atoms with Gasteiger partial charge < -0.3 is 10.1 Å². The molecule has 1 saturated heterocycles. The van der Waals surface area contributed by atoms with E-state index < -0.39 is 0 Å². The van der Waals surface area contributed by atoms with Crippen molar-refractivity contribution < 1.29 is 9.53 Å². The monoisotopic (exact) mass is 277 g/mol. The van der Waals surface area contributed by atoms with Crippen molar-refractivity contribution >= 4 is 29.1 Å². The van der Waals surface area contributed by atoms with Gasteiger partial charge in [0.15, 0.2) is 5.17 Å². The molecule has 0 bridgehead atoms. The summed E-state index contributed by atoms with van der Waals surface area (Å²) in [6.45, 7) is 4.00. The number of hydrogen-bond acceptors (Lipinski definition) is 5. The van der Waals surface area contributed by atoms with Crippen LogP contribution in [0.15, 0.2) is 22.3 Å². The van der Waals surface area contributed by atoms with Crippen LogP contribution in [0.25, 0.3) is 0 Å². The minimum Gasteiger partial charge on any atom is -0.496 e. The normalized spacial score (nSPS) is 17.2. The van der Waals surface area contributed by atoms with Crippen LogP contribution in [0, 0.1) is 13.8 Å². The summed E-state index contributed by atoms with van der Waals surface area (Å²) in [5.74, 6) is 1.15. The molecular weight excluding hydrogens is 262 g/mol. The van der Waals surface area contributed by atoms with Gasteiger partial charge in [-0.3, -0.25) is 4.79 Å². The maximum absolute atomic E-state index is 11.0. The SMILES string of the molecule is COc1c(C)cc(C)cc1C=NN=C1NC(=O)CS1. The number of hydrogen-bond donors (Lipinski definition) is 1. The number of ether oxygens (including phenoxy) is 1. The number of benzene rings is 1. The third-order valence-electron chi connectivity index (χ3n) is 2.58. The lowest BCUT2D eigenvalue weighted by molar-refractivity contribution is -0.116. The molecule has 2 rings (SSSR count). The molecule has 1 aromatic carbocycles. The van der Waals surface area contributed by atoms with Gasteiger partial charge in [0, 0.05) is 5.56 Å². The van der Waals surface area contributed by atoms with Gasteiger partial charge >= 0.3 is 0 Å². The topological polar surface area (TPSA) is 63.1 Å². The molecule has 1 heterocycles. The Balaban J connectivity index is 2.21. The Labute approximate surface area is 116 Å². The average molecular weight is 277 g/mol. The molecule has 1 N–H and O–H groups in total. The molecule has 1 amide bonds. The zero-order valence-corrected chi connectivity index (χ0v) is 11.9. The van der Waals surface area contributed by atoms with E-state index in [1.54, 1.807) is 13.3 Å². The number of methoxy groups -OCH3 is 1. The van der Waals surface area contributed by atoms with Crippen LogP contribution in [-0.4, -0.2) is 30.2 Å². The second-order valence-corrected chi connectivity index (χ2v) is 5.15. The second kappa shape index (κ2) is 5.88. The summed E-state index contributed by atoms with van der Waals surface area (Å²) in [5.41, 5.74) is 3.06. The van der Waals surface area contributed by atoms with Crippen LogP contribution >= 0.6 is 11.8 Å². The van der Waals surface area contributed by atoms with E-state index in [2.05, 4.69) is 21.6 Å². The van der Waals surface area contributed by atoms with Crippen molar-refractivity contribution in [2.75, 3.05) is 12.9 Å². The molecule has 1 aromatic rings. The van der Waals surface area contributed by atoms with Crippen LogP contribution in [0.1, 0.15) is 16.7 Å². The van der Waals surface area contributed by atoms with Gasteiger partial charge in [-0.05, 0) is 31.0 Å². The Morgan fingerprint density at radius 2 is 2.21 bits per heavy atom. The summed E-state index contributed by atoms with van der Waals surface area (Å²) in [7, 11) is 1.63. The fraction of sp³-hybridized carbons (Fsp3) is 0.308. The fourth-order valence-electron chi connectivity index (χ4n) is 1.88. The van der Waals surface area contributed by atoms with Crippen LogP contribution in [0.5, 0.6) is 5.75 Å². The molecule has 1 aliphatic rings. The summed E-state index contributed by atoms with van der Waals surface area (Å²) < 4.78 is 5.36. The lowest BCUT2D eigenvalue weighted by Crippen LogP contribution is -2.19. The Bertz CT molecular complexity index is 567. The number of amidine groups is 1. The summed E-state index contributed by atoms with van der Waals surface area (Å²) in [6, 6.07) is 4.03. The highest BCUT2D eigenvalue weighted by atomic mass is 32.2. The Kier molecular flexibility index (Phi) is 4.21. The summed E-state index contributed by atoms with van der Waals surface area (Å²) in [4.78, 5) is 11.0. The van der Waals surface area contributed by atoms with Gasteiger partial charge in [0.1, 0.15) is 5.75 Å². The number of amides is 1. The summed E-state index contributed by atoms with van der Waals surface area (Å²) in [5, 5.41) is 11.1. The van der Waals surface area contributed by atoms with E-state index in [9.17, 15) is 4.79 Å². The summed E-state index contributed by atoms with van der Waals surface area (Å²) in [6.07, 6.45) is 1.64. The molecule has 0 aliphatic carbocycles. The molecule has 0 atom stereocenters. The molecule has 0 unspecified atom stereocenters. The van der Waals surface area contributed by atoms with Gasteiger partial charge in [0.2, 0.25) is 5.91 Å². The molecule has 0 spiro atoms. The van der Waals surface area contributed by atoms with Gasteiger partial charge in [-0.25, -0.2) is 0 Å². The largest absolute Gasteiger partial charge is 0.496 e. The molecule has 1 fully saturated rings. The van der Waals surface area contributed by atoms with Gasteiger partial charge in [0.05, 0.1) is 19.1 Å². The first kappa shape index (κ1) is 13.6. The molecule has 0 radical (unpaired) electrons. The van der Waals surface area contributed by atoms with Gasteiger partial charge in [-0.2, -0.15) is 5.10 Å². The average Bonchev–Trinajstić information content (AvgIpc) is 2.74. The highest BCUT2D eigenvalue weighted by Crippen LogP contribution is 2.23. The number of thioether (sulfide) groups is 1. The third-order valence-corrected chi connectivity index (χ3v) is 3.45. The van der Waals surface area contributed by atoms with Crippen LogP contribution in [0.2, 0.25) is 0 Å². The molecule has 100 valence electrons. The minimum atomic E-state index is -0.0390. The molecule has 0 aromatic heterocycles. The third kappa shape index (κ3) is 3.35. The first-order valence-corrected chi connectivity index (χ1v) is 6.77. The first-order valence-electron chi connectivity index (χ1n) is 5.79. The zero-order chi connectivity index (χ0) is 13.8. The van der Waals surface area contributed by atoms with Crippen molar-refractivity contribution in [2.24, 2.45) is 10.2 Å². The van der Waals surface area contributed by atoms with Crippen LogP contribution < -0.4 is 10.1 Å². The van der Waals surface area contributed by atoms with Crippen molar-refractivity contribution in [2.45, 2.75) is 13.8 Å². The van der Waals surface area contributed by atoms with Crippen LogP contribution in [0.3, 0.4) is 0 Å². The van der Waals surface area contributed by atoms with Crippen LogP contribution in [0.4, 0.5) is 0 Å². The molecule has 19 heavy (non-hydrogen) atoms. The number of nitrogens with one attached hydrogen (secondary N) is 1. The number of carbonyl (C=O) groups is 1. The van der Waals surface area contributed by atoms with Crippen molar-refractivity contribution in [3.05, 3.63) is 28.8 Å². The van der Waals surface area contributed by atoms with E-state index in [-0.39, 0.29) is 5.91 Å². The minimum absolute atomic E-state index is 0.0390. The van der Waals surface area contributed by atoms with E-state index in [4.69, 9.17) is 4.74 Å². The molecular formula is C13H15N3O2S. The number of carbonyl (C=O) groups excluding carboxylic acids is 1.